The number of carbonyl (C=O) groups excluding carboxylic acids is 1. The van der Waals surface area contributed by atoms with Crippen LogP contribution in [0.1, 0.15) is 39.2 Å². The van der Waals surface area contributed by atoms with E-state index in [2.05, 4.69) is 15.9 Å². The Morgan fingerprint density at radius 1 is 1.10 bits per heavy atom. The largest absolute Gasteiger partial charge is 0.493 e. The molecular weight excluding hydrogens is 458 g/mol. The number of rotatable bonds is 3. The van der Waals surface area contributed by atoms with Crippen LogP contribution in [0.3, 0.4) is 0 Å². The lowest BCUT2D eigenvalue weighted by molar-refractivity contribution is 0.0198. The Kier molecular flexibility index (Phi) is 4.48. The van der Waals surface area contributed by atoms with Crippen LogP contribution in [0.15, 0.2) is 16.6 Å². The topological polar surface area (TPSA) is 86.7 Å². The molecule has 3 aliphatic rings. The van der Waals surface area contributed by atoms with Crippen LogP contribution in [0.25, 0.3) is 0 Å². The standard InChI is InChI=1S/C21H20BrNO7/c1-26-11-5-4-10-13(17(11)27-2)21(25)23-7-6-9-12(15(23)16(10)24)18-20(30-8-29-18)19(28-3)14(9)22/h4-5,15-16,24H,6-8H2,1-3H3/t15-,16+/m1/s1. The van der Waals surface area contributed by atoms with Crippen LogP contribution in [0.5, 0.6) is 28.7 Å². The molecule has 0 fully saturated rings. The number of hydrogen-bond acceptors (Lipinski definition) is 7. The van der Waals surface area contributed by atoms with Gasteiger partial charge in [-0.1, -0.05) is 6.07 Å². The van der Waals surface area contributed by atoms with E-state index in [-0.39, 0.29) is 12.7 Å². The van der Waals surface area contributed by atoms with Gasteiger partial charge < -0.3 is 33.7 Å². The summed E-state index contributed by atoms with van der Waals surface area (Å²) in [5.74, 6) is 2.08. The van der Waals surface area contributed by atoms with Crippen LogP contribution in [0.2, 0.25) is 0 Å². The van der Waals surface area contributed by atoms with Gasteiger partial charge in [0.2, 0.25) is 12.5 Å². The minimum absolute atomic E-state index is 0.0486. The first-order valence-corrected chi connectivity index (χ1v) is 10.2. The summed E-state index contributed by atoms with van der Waals surface area (Å²) in [4.78, 5) is 15.2. The SMILES string of the molecule is COc1ccc2c(c1OC)C(=O)N1CCc3c(Br)c(OC)c4c(c3[C@@H]1[C@H]2O)OCO4. The Bertz CT molecular complexity index is 1070. The molecule has 2 aromatic carbocycles. The summed E-state index contributed by atoms with van der Waals surface area (Å²) >= 11 is 3.62. The summed E-state index contributed by atoms with van der Waals surface area (Å²) < 4.78 is 28.5. The number of aliphatic hydroxyl groups is 1. The van der Waals surface area contributed by atoms with Gasteiger partial charge in [-0.2, -0.15) is 0 Å². The summed E-state index contributed by atoms with van der Waals surface area (Å²) in [6, 6.07) is 2.78. The second-order valence-corrected chi connectivity index (χ2v) is 8.00. The fourth-order valence-corrected chi connectivity index (χ4v) is 5.44. The van der Waals surface area contributed by atoms with Crippen molar-refractivity contribution >= 4 is 21.8 Å². The lowest BCUT2D eigenvalue weighted by Gasteiger charge is -2.44. The quantitative estimate of drug-likeness (QED) is 0.726. The molecule has 0 saturated carbocycles. The molecule has 3 aliphatic heterocycles. The van der Waals surface area contributed by atoms with Crippen molar-refractivity contribution in [3.63, 3.8) is 0 Å². The zero-order valence-corrected chi connectivity index (χ0v) is 18.2. The molecule has 3 heterocycles. The van der Waals surface area contributed by atoms with E-state index in [9.17, 15) is 9.90 Å². The molecular formula is C21H20BrNO7. The van der Waals surface area contributed by atoms with Gasteiger partial charge in [0, 0.05) is 12.1 Å². The van der Waals surface area contributed by atoms with Crippen molar-refractivity contribution in [2.75, 3.05) is 34.7 Å². The van der Waals surface area contributed by atoms with Crippen molar-refractivity contribution in [2.24, 2.45) is 0 Å². The first-order chi connectivity index (χ1) is 14.5. The van der Waals surface area contributed by atoms with E-state index in [1.165, 1.54) is 14.2 Å². The zero-order valence-electron chi connectivity index (χ0n) is 16.7. The molecule has 0 aromatic heterocycles. The molecule has 5 rings (SSSR count). The van der Waals surface area contributed by atoms with E-state index in [0.29, 0.717) is 52.8 Å². The Morgan fingerprint density at radius 3 is 2.53 bits per heavy atom. The lowest BCUT2D eigenvalue weighted by Crippen LogP contribution is -2.46. The van der Waals surface area contributed by atoms with E-state index in [4.69, 9.17) is 23.7 Å². The summed E-state index contributed by atoms with van der Waals surface area (Å²) in [6.45, 7) is 0.474. The molecule has 0 aliphatic carbocycles. The van der Waals surface area contributed by atoms with Crippen LogP contribution in [-0.2, 0) is 6.42 Å². The molecule has 0 bridgehead atoms. The van der Waals surface area contributed by atoms with Gasteiger partial charge in [-0.3, -0.25) is 4.79 Å². The number of fused-ring (bicyclic) bond motifs is 6. The van der Waals surface area contributed by atoms with Gasteiger partial charge in [0.15, 0.2) is 23.0 Å². The molecule has 158 valence electrons. The summed E-state index contributed by atoms with van der Waals surface area (Å²) in [7, 11) is 4.56. The average molecular weight is 478 g/mol. The number of halogens is 1. The lowest BCUT2D eigenvalue weighted by atomic mass is 9.80. The molecule has 2 atom stereocenters. The van der Waals surface area contributed by atoms with Crippen molar-refractivity contribution in [2.45, 2.75) is 18.6 Å². The summed E-state index contributed by atoms with van der Waals surface area (Å²) in [5, 5.41) is 11.4. The van der Waals surface area contributed by atoms with Gasteiger partial charge in [0.05, 0.1) is 37.4 Å². The maximum Gasteiger partial charge on any atom is 0.258 e. The van der Waals surface area contributed by atoms with Gasteiger partial charge in [0.25, 0.3) is 5.91 Å². The highest BCUT2D eigenvalue weighted by atomic mass is 79.9. The predicted molar refractivity (Wildman–Crippen MR) is 109 cm³/mol. The molecule has 1 N–H and O–H groups in total. The number of aliphatic hydroxyl groups excluding tert-OH is 1. The van der Waals surface area contributed by atoms with Crippen LogP contribution < -0.4 is 23.7 Å². The highest BCUT2D eigenvalue weighted by Gasteiger charge is 2.48. The highest BCUT2D eigenvalue weighted by Crippen LogP contribution is 2.58. The Labute approximate surface area is 181 Å². The molecule has 0 spiro atoms. The maximum atomic E-state index is 13.5. The molecule has 0 unspecified atom stereocenters. The zero-order chi connectivity index (χ0) is 21.2. The van der Waals surface area contributed by atoms with Gasteiger partial charge in [-0.25, -0.2) is 0 Å². The van der Waals surface area contributed by atoms with Gasteiger partial charge in [-0.15, -0.1) is 0 Å². The number of methoxy groups -OCH3 is 3. The van der Waals surface area contributed by atoms with Gasteiger partial charge in [-0.05, 0) is 39.5 Å². The van der Waals surface area contributed by atoms with E-state index in [1.807, 2.05) is 0 Å². The smallest absolute Gasteiger partial charge is 0.258 e. The number of nitrogens with zero attached hydrogens (tertiary/aromatic N) is 1. The molecule has 2 aromatic rings. The van der Waals surface area contributed by atoms with E-state index >= 15 is 0 Å². The normalized spacial score (nSPS) is 21.0. The first kappa shape index (κ1) is 19.3. The third kappa shape index (κ3) is 2.39. The average Bonchev–Trinajstić information content (AvgIpc) is 3.25. The van der Waals surface area contributed by atoms with Gasteiger partial charge in [0.1, 0.15) is 6.10 Å². The monoisotopic (exact) mass is 477 g/mol. The van der Waals surface area contributed by atoms with Crippen molar-refractivity contribution in [3.05, 3.63) is 38.9 Å². The van der Waals surface area contributed by atoms with Crippen LogP contribution in [-0.4, -0.2) is 50.6 Å². The second-order valence-electron chi connectivity index (χ2n) is 7.21. The molecule has 9 heteroatoms. The minimum atomic E-state index is -0.981. The van der Waals surface area contributed by atoms with Crippen molar-refractivity contribution in [1.29, 1.82) is 0 Å². The minimum Gasteiger partial charge on any atom is -0.493 e. The van der Waals surface area contributed by atoms with E-state index < -0.39 is 12.1 Å². The van der Waals surface area contributed by atoms with E-state index in [0.717, 1.165) is 15.6 Å². The fourth-order valence-electron chi connectivity index (χ4n) is 4.68. The highest BCUT2D eigenvalue weighted by molar-refractivity contribution is 9.10. The Balaban J connectivity index is 1.74. The van der Waals surface area contributed by atoms with Crippen molar-refractivity contribution in [1.82, 2.24) is 4.90 Å². The van der Waals surface area contributed by atoms with E-state index in [1.54, 1.807) is 24.1 Å². The second kappa shape index (κ2) is 6.95. The molecule has 0 radical (unpaired) electrons. The molecule has 1 amide bonds. The maximum absolute atomic E-state index is 13.5. The number of carbonyl (C=O) groups is 1. The summed E-state index contributed by atoms with van der Waals surface area (Å²) in [6.07, 6.45) is -0.412. The van der Waals surface area contributed by atoms with Crippen LogP contribution in [0.4, 0.5) is 0 Å². The molecule has 0 saturated heterocycles. The number of hydrogen-bond donors (Lipinski definition) is 1. The summed E-state index contributed by atoms with van der Waals surface area (Å²) in [5.41, 5.74) is 2.49. The van der Waals surface area contributed by atoms with Gasteiger partial charge >= 0.3 is 0 Å². The number of amides is 1. The molecule has 8 nitrogen and oxygen atoms in total. The fraction of sp³-hybridized carbons (Fsp3) is 0.381. The number of benzene rings is 2. The predicted octanol–water partition coefficient (Wildman–Crippen LogP) is 2.99. The number of ether oxygens (including phenoxy) is 5. The van der Waals surface area contributed by atoms with Crippen LogP contribution >= 0.6 is 15.9 Å². The Morgan fingerprint density at radius 2 is 1.83 bits per heavy atom. The van der Waals surface area contributed by atoms with Crippen molar-refractivity contribution < 1.29 is 33.6 Å². The third-order valence-corrected chi connectivity index (χ3v) is 6.80. The Hall–Kier alpha value is -2.65. The van der Waals surface area contributed by atoms with Crippen molar-refractivity contribution in [3.8, 4) is 28.7 Å². The first-order valence-electron chi connectivity index (χ1n) is 9.45. The van der Waals surface area contributed by atoms with Crippen LogP contribution in [0, 0.1) is 0 Å². The third-order valence-electron chi connectivity index (χ3n) is 5.96. The molecule has 30 heavy (non-hydrogen) atoms.